The summed E-state index contributed by atoms with van der Waals surface area (Å²) in [5, 5.41) is 8.21. The Morgan fingerprint density at radius 2 is 2.00 bits per heavy atom. The molecule has 0 saturated heterocycles. The average Bonchev–Trinajstić information content (AvgIpc) is 2.86. The summed E-state index contributed by atoms with van der Waals surface area (Å²) >= 11 is 1.79. The van der Waals surface area contributed by atoms with E-state index in [1.807, 2.05) is 12.4 Å². The van der Waals surface area contributed by atoms with Crippen LogP contribution in [0.5, 0.6) is 0 Å². The molecule has 0 fully saturated rings. The van der Waals surface area contributed by atoms with Crippen LogP contribution in [0.3, 0.4) is 0 Å². The van der Waals surface area contributed by atoms with Gasteiger partial charge in [-0.1, -0.05) is 13.8 Å². The predicted octanol–water partition coefficient (Wildman–Crippen LogP) is 4.30. The molecule has 0 bridgehead atoms. The Morgan fingerprint density at radius 3 is 2.58 bits per heavy atom. The van der Waals surface area contributed by atoms with Gasteiger partial charge in [-0.2, -0.15) is 11.3 Å². The highest BCUT2D eigenvalue weighted by molar-refractivity contribution is 7.08. The molecule has 0 saturated carbocycles. The number of nitrogens with one attached hydrogen (secondary N) is 1. The lowest BCUT2D eigenvalue weighted by Crippen LogP contribution is -2.27. The Hall–Kier alpha value is -1.19. The smallest absolute Gasteiger partial charge is 0.0397 e. The van der Waals surface area contributed by atoms with Gasteiger partial charge in [-0.25, -0.2) is 0 Å². The Kier molecular flexibility index (Phi) is 5.11. The molecule has 1 N–H and O–H groups in total. The molecule has 2 atom stereocenters. The Balaban J connectivity index is 2.25. The van der Waals surface area contributed by atoms with Crippen molar-refractivity contribution in [1.82, 2.24) is 10.3 Å². The van der Waals surface area contributed by atoms with Crippen LogP contribution in [-0.2, 0) is 0 Å². The fraction of sp³-hybridized carbons (Fsp3) is 0.438. The van der Waals surface area contributed by atoms with Crippen molar-refractivity contribution in [3.63, 3.8) is 0 Å². The van der Waals surface area contributed by atoms with Crippen LogP contribution in [-0.4, -0.2) is 11.5 Å². The lowest BCUT2D eigenvalue weighted by atomic mass is 9.89. The topological polar surface area (TPSA) is 24.9 Å². The van der Waals surface area contributed by atoms with Crippen molar-refractivity contribution < 1.29 is 0 Å². The molecule has 0 spiro atoms. The van der Waals surface area contributed by atoms with E-state index in [2.05, 4.69) is 54.0 Å². The minimum Gasteiger partial charge on any atom is -0.309 e. The Bertz CT molecular complexity index is 492. The van der Waals surface area contributed by atoms with E-state index in [4.69, 9.17) is 0 Å². The van der Waals surface area contributed by atoms with Gasteiger partial charge in [-0.3, -0.25) is 4.98 Å². The van der Waals surface area contributed by atoms with Crippen LogP contribution in [0.25, 0.3) is 0 Å². The molecule has 0 radical (unpaired) electrons. The summed E-state index contributed by atoms with van der Waals surface area (Å²) in [6.07, 6.45) is 4.91. The first-order valence-corrected chi connectivity index (χ1v) is 7.84. The van der Waals surface area contributed by atoms with Crippen molar-refractivity contribution in [1.29, 1.82) is 0 Å². The molecule has 2 unspecified atom stereocenters. The second-order valence-corrected chi connectivity index (χ2v) is 5.75. The maximum absolute atomic E-state index is 4.11. The maximum Gasteiger partial charge on any atom is 0.0397 e. The van der Waals surface area contributed by atoms with Crippen LogP contribution in [0, 0.1) is 6.92 Å². The molecule has 19 heavy (non-hydrogen) atoms. The predicted molar refractivity (Wildman–Crippen MR) is 82.7 cm³/mol. The standard InChI is InChI=1S/C16H22N2S/c1-4-7-18-16(15-11-19-10-12(15)2)13(3)14-5-8-17-9-6-14/h5-6,8-11,13,16,18H,4,7H2,1-3H3. The van der Waals surface area contributed by atoms with Gasteiger partial charge < -0.3 is 5.32 Å². The van der Waals surface area contributed by atoms with E-state index in [0.29, 0.717) is 12.0 Å². The summed E-state index contributed by atoms with van der Waals surface area (Å²) in [6.45, 7) is 7.75. The fourth-order valence-corrected chi connectivity index (χ4v) is 3.29. The molecular weight excluding hydrogens is 252 g/mol. The van der Waals surface area contributed by atoms with E-state index in [9.17, 15) is 0 Å². The first-order chi connectivity index (χ1) is 9.24. The SMILES string of the molecule is CCCNC(c1cscc1C)C(C)c1ccncc1. The minimum atomic E-state index is 0.383. The van der Waals surface area contributed by atoms with Crippen molar-refractivity contribution in [2.24, 2.45) is 0 Å². The fourth-order valence-electron chi connectivity index (χ4n) is 2.40. The van der Waals surface area contributed by atoms with Crippen molar-refractivity contribution in [3.05, 3.63) is 52.0 Å². The van der Waals surface area contributed by atoms with Crippen molar-refractivity contribution in [2.45, 2.75) is 39.2 Å². The highest BCUT2D eigenvalue weighted by atomic mass is 32.1. The monoisotopic (exact) mass is 274 g/mol. The first-order valence-electron chi connectivity index (χ1n) is 6.90. The lowest BCUT2D eigenvalue weighted by Gasteiger charge is -2.26. The van der Waals surface area contributed by atoms with Crippen LogP contribution < -0.4 is 5.32 Å². The van der Waals surface area contributed by atoms with Gasteiger partial charge in [0.2, 0.25) is 0 Å². The molecule has 2 rings (SSSR count). The van der Waals surface area contributed by atoms with Gasteiger partial charge in [0, 0.05) is 24.4 Å². The zero-order valence-electron chi connectivity index (χ0n) is 11.9. The van der Waals surface area contributed by atoms with Crippen LogP contribution in [0.2, 0.25) is 0 Å². The number of thiophene rings is 1. The highest BCUT2D eigenvalue weighted by Gasteiger charge is 2.22. The van der Waals surface area contributed by atoms with Gasteiger partial charge in [-0.05, 0) is 59.5 Å². The van der Waals surface area contributed by atoms with Crippen molar-refractivity contribution in [2.75, 3.05) is 6.54 Å². The largest absolute Gasteiger partial charge is 0.309 e. The molecule has 2 nitrogen and oxygen atoms in total. The van der Waals surface area contributed by atoms with E-state index in [0.717, 1.165) is 13.0 Å². The van der Waals surface area contributed by atoms with Crippen molar-refractivity contribution in [3.8, 4) is 0 Å². The molecule has 0 aliphatic heterocycles. The molecule has 2 heterocycles. The first kappa shape index (κ1) is 14.2. The second kappa shape index (κ2) is 6.83. The van der Waals surface area contributed by atoms with Gasteiger partial charge in [0.25, 0.3) is 0 Å². The zero-order chi connectivity index (χ0) is 13.7. The molecule has 0 aliphatic rings. The number of nitrogens with zero attached hydrogens (tertiary/aromatic N) is 1. The molecular formula is C16H22N2S. The van der Waals surface area contributed by atoms with Crippen LogP contribution in [0.1, 0.15) is 48.9 Å². The second-order valence-electron chi connectivity index (χ2n) is 5.01. The average molecular weight is 274 g/mol. The number of hydrogen-bond donors (Lipinski definition) is 1. The number of hydrogen-bond acceptors (Lipinski definition) is 3. The molecule has 2 aromatic heterocycles. The van der Waals surface area contributed by atoms with Crippen LogP contribution in [0.15, 0.2) is 35.3 Å². The summed E-state index contributed by atoms with van der Waals surface area (Å²) < 4.78 is 0. The Morgan fingerprint density at radius 1 is 1.26 bits per heavy atom. The minimum absolute atomic E-state index is 0.383. The van der Waals surface area contributed by atoms with Gasteiger partial charge in [0.1, 0.15) is 0 Å². The maximum atomic E-state index is 4.11. The molecule has 0 aliphatic carbocycles. The van der Waals surface area contributed by atoms with E-state index in [1.54, 1.807) is 11.3 Å². The quantitative estimate of drug-likeness (QED) is 0.849. The number of aryl methyl sites for hydroxylation is 1. The van der Waals surface area contributed by atoms with E-state index in [1.165, 1.54) is 16.7 Å². The normalized spacial score (nSPS) is 14.3. The van der Waals surface area contributed by atoms with Gasteiger partial charge in [0.05, 0.1) is 0 Å². The third kappa shape index (κ3) is 3.43. The highest BCUT2D eigenvalue weighted by Crippen LogP contribution is 2.33. The molecule has 0 amide bonds. The summed E-state index contributed by atoms with van der Waals surface area (Å²) in [7, 11) is 0. The lowest BCUT2D eigenvalue weighted by molar-refractivity contribution is 0.465. The summed E-state index contributed by atoms with van der Waals surface area (Å²) in [6, 6.07) is 4.62. The third-order valence-corrected chi connectivity index (χ3v) is 4.46. The summed E-state index contributed by atoms with van der Waals surface area (Å²) in [5.74, 6) is 0.447. The van der Waals surface area contributed by atoms with Crippen LogP contribution >= 0.6 is 11.3 Å². The van der Waals surface area contributed by atoms with E-state index in [-0.39, 0.29) is 0 Å². The Labute approximate surface area is 119 Å². The number of pyridine rings is 1. The zero-order valence-corrected chi connectivity index (χ0v) is 12.7. The molecule has 102 valence electrons. The molecule has 3 heteroatoms. The van der Waals surface area contributed by atoms with E-state index < -0.39 is 0 Å². The molecule has 2 aromatic rings. The summed E-state index contributed by atoms with van der Waals surface area (Å²) in [4.78, 5) is 4.11. The number of aromatic nitrogens is 1. The van der Waals surface area contributed by atoms with E-state index >= 15 is 0 Å². The van der Waals surface area contributed by atoms with Crippen LogP contribution in [0.4, 0.5) is 0 Å². The van der Waals surface area contributed by atoms with Gasteiger partial charge >= 0.3 is 0 Å². The van der Waals surface area contributed by atoms with Gasteiger partial charge in [0.15, 0.2) is 0 Å². The van der Waals surface area contributed by atoms with Crippen molar-refractivity contribution >= 4 is 11.3 Å². The third-order valence-electron chi connectivity index (χ3n) is 3.58. The number of rotatable bonds is 6. The summed E-state index contributed by atoms with van der Waals surface area (Å²) in [5.41, 5.74) is 4.16. The molecule has 0 aromatic carbocycles. The van der Waals surface area contributed by atoms with Gasteiger partial charge in [-0.15, -0.1) is 0 Å².